The number of nitrogens with one attached hydrogen (secondary N) is 1. The van der Waals surface area contributed by atoms with Crippen LogP contribution in [0.25, 0.3) is 0 Å². The first kappa shape index (κ1) is 23.0. The van der Waals surface area contributed by atoms with Crippen LogP contribution >= 0.6 is 11.6 Å². The molecule has 1 amide bonds. The van der Waals surface area contributed by atoms with Crippen molar-refractivity contribution >= 4 is 35.1 Å². The maximum atomic E-state index is 12.3. The first-order valence-corrected chi connectivity index (χ1v) is 9.61. The Bertz CT molecular complexity index is 614. The van der Waals surface area contributed by atoms with Crippen molar-refractivity contribution in [3.63, 3.8) is 0 Å². The van der Waals surface area contributed by atoms with E-state index in [1.807, 2.05) is 27.7 Å². The molecule has 150 valence electrons. The van der Waals surface area contributed by atoms with Gasteiger partial charge < -0.3 is 14.8 Å². The molecular formula is C20H28ClNO5. The Balaban J connectivity index is 2.96. The highest BCUT2D eigenvalue weighted by molar-refractivity contribution is 6.29. The molecule has 7 heteroatoms. The van der Waals surface area contributed by atoms with Crippen LogP contribution in [0.1, 0.15) is 61.3 Å². The van der Waals surface area contributed by atoms with E-state index in [2.05, 4.69) is 5.32 Å². The highest BCUT2D eigenvalue weighted by atomic mass is 35.5. The average Bonchev–Trinajstić information content (AvgIpc) is 2.60. The van der Waals surface area contributed by atoms with Crippen LogP contribution in [0.5, 0.6) is 0 Å². The Labute approximate surface area is 165 Å². The number of hydrogen-bond acceptors (Lipinski definition) is 5. The first-order chi connectivity index (χ1) is 12.7. The Kier molecular flexibility index (Phi) is 9.86. The summed E-state index contributed by atoms with van der Waals surface area (Å²) < 4.78 is 10.5. The summed E-state index contributed by atoms with van der Waals surface area (Å²) >= 11 is 5.51. The fourth-order valence-corrected chi connectivity index (χ4v) is 2.14. The van der Waals surface area contributed by atoms with Gasteiger partial charge in [-0.3, -0.25) is 4.79 Å². The van der Waals surface area contributed by atoms with Crippen molar-refractivity contribution in [1.29, 1.82) is 0 Å². The monoisotopic (exact) mass is 397 g/mol. The smallest absolute Gasteiger partial charge is 0.338 e. The number of halogens is 1. The second kappa shape index (κ2) is 11.6. The van der Waals surface area contributed by atoms with Gasteiger partial charge in [0.2, 0.25) is 5.91 Å². The molecule has 1 rings (SSSR count). The Hall–Kier alpha value is -2.08. The normalized spacial score (nSPS) is 10.8. The van der Waals surface area contributed by atoms with Crippen LogP contribution in [-0.2, 0) is 14.3 Å². The minimum atomic E-state index is -0.561. The van der Waals surface area contributed by atoms with Gasteiger partial charge in [-0.05, 0) is 42.9 Å². The largest absolute Gasteiger partial charge is 0.462 e. The van der Waals surface area contributed by atoms with E-state index in [9.17, 15) is 14.4 Å². The molecular weight excluding hydrogens is 370 g/mol. The predicted molar refractivity (Wildman–Crippen MR) is 105 cm³/mol. The van der Waals surface area contributed by atoms with Gasteiger partial charge in [0.1, 0.15) is 5.88 Å². The van der Waals surface area contributed by atoms with E-state index in [1.54, 1.807) is 0 Å². The molecule has 0 aliphatic rings. The fraction of sp³-hybridized carbons (Fsp3) is 0.550. The van der Waals surface area contributed by atoms with E-state index in [0.717, 1.165) is 12.8 Å². The van der Waals surface area contributed by atoms with Crippen LogP contribution in [0.4, 0.5) is 5.69 Å². The Morgan fingerprint density at radius 1 is 0.889 bits per heavy atom. The lowest BCUT2D eigenvalue weighted by Crippen LogP contribution is -2.16. The summed E-state index contributed by atoms with van der Waals surface area (Å²) in [5.41, 5.74) is 0.624. The van der Waals surface area contributed by atoms with Crippen LogP contribution in [-0.4, -0.2) is 36.9 Å². The molecule has 6 nitrogen and oxygen atoms in total. The number of amides is 1. The van der Waals surface area contributed by atoms with Gasteiger partial charge in [-0.2, -0.15) is 0 Å². The molecule has 0 saturated carbocycles. The van der Waals surface area contributed by atoms with Gasteiger partial charge in [0.15, 0.2) is 0 Å². The topological polar surface area (TPSA) is 81.7 Å². The van der Waals surface area contributed by atoms with Crippen LogP contribution in [0.3, 0.4) is 0 Å². The van der Waals surface area contributed by atoms with Crippen molar-refractivity contribution < 1.29 is 23.9 Å². The summed E-state index contributed by atoms with van der Waals surface area (Å²) in [7, 11) is 0. The van der Waals surface area contributed by atoms with Gasteiger partial charge in [-0.25, -0.2) is 9.59 Å². The average molecular weight is 398 g/mol. The quantitative estimate of drug-likeness (QED) is 0.471. The van der Waals surface area contributed by atoms with E-state index in [0.29, 0.717) is 11.8 Å². The number of anilines is 1. The SMILES string of the molecule is CC(C)CCOC(=O)c1cc(NC(=O)CCl)cc(C(=O)OCCC(C)C)c1. The number of benzene rings is 1. The minimum Gasteiger partial charge on any atom is -0.462 e. The summed E-state index contributed by atoms with van der Waals surface area (Å²) in [6, 6.07) is 4.31. The van der Waals surface area contributed by atoms with E-state index < -0.39 is 17.8 Å². The standard InChI is InChI=1S/C20H28ClNO5/c1-13(2)5-7-26-19(24)15-9-16(20(25)27-8-6-14(3)4)11-17(10-15)22-18(23)12-21/h9-11,13-14H,5-8,12H2,1-4H3,(H,22,23). The molecule has 1 aromatic rings. The molecule has 0 aliphatic heterocycles. The minimum absolute atomic E-state index is 0.168. The third-order valence-corrected chi connectivity index (χ3v) is 3.91. The molecule has 0 unspecified atom stereocenters. The van der Waals surface area contributed by atoms with Crippen molar-refractivity contribution in [2.24, 2.45) is 11.8 Å². The van der Waals surface area contributed by atoms with Gasteiger partial charge in [0, 0.05) is 5.69 Å². The molecule has 0 aromatic heterocycles. The highest BCUT2D eigenvalue weighted by Crippen LogP contribution is 2.18. The molecule has 0 bridgehead atoms. The van der Waals surface area contributed by atoms with E-state index >= 15 is 0 Å². The number of alkyl halides is 1. The molecule has 1 N–H and O–H groups in total. The van der Waals surface area contributed by atoms with E-state index in [1.165, 1.54) is 18.2 Å². The van der Waals surface area contributed by atoms with Crippen LogP contribution in [0.2, 0.25) is 0 Å². The third-order valence-electron chi connectivity index (χ3n) is 3.67. The van der Waals surface area contributed by atoms with Gasteiger partial charge in [0.05, 0.1) is 24.3 Å². The fourth-order valence-electron chi connectivity index (χ4n) is 2.07. The molecule has 0 fully saturated rings. The highest BCUT2D eigenvalue weighted by Gasteiger charge is 2.16. The summed E-state index contributed by atoms with van der Waals surface area (Å²) in [5.74, 6) is -1.00. The third kappa shape index (κ3) is 8.91. The maximum Gasteiger partial charge on any atom is 0.338 e. The molecule has 0 atom stereocenters. The maximum absolute atomic E-state index is 12.3. The lowest BCUT2D eigenvalue weighted by atomic mass is 10.1. The van der Waals surface area contributed by atoms with Crippen molar-refractivity contribution in [3.8, 4) is 0 Å². The summed E-state index contributed by atoms with van der Waals surface area (Å²) in [6.45, 7) is 8.68. The Morgan fingerprint density at radius 3 is 1.70 bits per heavy atom. The van der Waals surface area contributed by atoms with Crippen molar-refractivity contribution in [3.05, 3.63) is 29.3 Å². The molecule has 0 spiro atoms. The number of rotatable bonds is 10. The Morgan fingerprint density at radius 2 is 1.33 bits per heavy atom. The zero-order chi connectivity index (χ0) is 20.4. The summed E-state index contributed by atoms with van der Waals surface area (Å²) in [5, 5.41) is 2.54. The van der Waals surface area contributed by atoms with Crippen molar-refractivity contribution in [2.45, 2.75) is 40.5 Å². The second-order valence-corrected chi connectivity index (χ2v) is 7.38. The molecule has 27 heavy (non-hydrogen) atoms. The molecule has 0 saturated heterocycles. The van der Waals surface area contributed by atoms with Crippen molar-refractivity contribution in [1.82, 2.24) is 0 Å². The van der Waals surface area contributed by atoms with Crippen molar-refractivity contribution in [2.75, 3.05) is 24.4 Å². The first-order valence-electron chi connectivity index (χ1n) is 9.08. The molecule has 0 aliphatic carbocycles. The number of esters is 2. The lowest BCUT2D eigenvalue weighted by molar-refractivity contribution is -0.113. The van der Waals surface area contributed by atoms with Crippen LogP contribution in [0, 0.1) is 11.8 Å². The lowest BCUT2D eigenvalue weighted by Gasteiger charge is -2.12. The molecule has 0 heterocycles. The number of hydrogen-bond donors (Lipinski definition) is 1. The number of carbonyl (C=O) groups is 3. The summed E-state index contributed by atoms with van der Waals surface area (Å²) in [6.07, 6.45) is 1.47. The van der Waals surface area contributed by atoms with Crippen LogP contribution in [0.15, 0.2) is 18.2 Å². The van der Waals surface area contributed by atoms with E-state index in [4.69, 9.17) is 21.1 Å². The summed E-state index contributed by atoms with van der Waals surface area (Å²) in [4.78, 5) is 36.2. The van der Waals surface area contributed by atoms with Gasteiger partial charge in [0.25, 0.3) is 0 Å². The predicted octanol–water partition coefficient (Wildman–Crippen LogP) is 4.27. The van der Waals surface area contributed by atoms with Gasteiger partial charge >= 0.3 is 11.9 Å². The zero-order valence-electron chi connectivity index (χ0n) is 16.3. The zero-order valence-corrected chi connectivity index (χ0v) is 17.1. The van der Waals surface area contributed by atoms with E-state index in [-0.39, 0.29) is 35.9 Å². The molecule has 1 aromatic carbocycles. The van der Waals surface area contributed by atoms with Gasteiger partial charge in [-0.15, -0.1) is 11.6 Å². The second-order valence-electron chi connectivity index (χ2n) is 7.12. The van der Waals surface area contributed by atoms with Crippen LogP contribution < -0.4 is 5.32 Å². The molecule has 0 radical (unpaired) electrons. The number of ether oxygens (including phenoxy) is 2. The number of carbonyl (C=O) groups excluding carboxylic acids is 3. The van der Waals surface area contributed by atoms with Gasteiger partial charge in [-0.1, -0.05) is 27.7 Å².